The molecule has 1 unspecified atom stereocenters. The third kappa shape index (κ3) is 3.50. The summed E-state index contributed by atoms with van der Waals surface area (Å²) in [6, 6.07) is 2.41. The minimum atomic E-state index is -0.423. The van der Waals surface area contributed by atoms with Crippen molar-refractivity contribution in [2.45, 2.75) is 65.1 Å². The molecular weight excluding hydrogens is 329 g/mol. The number of piperidine rings is 1. The van der Waals surface area contributed by atoms with E-state index in [9.17, 15) is 10.1 Å². The van der Waals surface area contributed by atoms with E-state index in [0.717, 1.165) is 31.3 Å². The Morgan fingerprint density at radius 3 is 2.35 bits per heavy atom. The zero-order chi connectivity index (χ0) is 19.2. The summed E-state index contributed by atoms with van der Waals surface area (Å²) in [4.78, 5) is 16.5. The van der Waals surface area contributed by atoms with Gasteiger partial charge in [-0.1, -0.05) is 6.08 Å². The van der Waals surface area contributed by atoms with Crippen LogP contribution >= 0.6 is 0 Å². The van der Waals surface area contributed by atoms with Gasteiger partial charge in [0.2, 0.25) is 0 Å². The van der Waals surface area contributed by atoms with Crippen LogP contribution < -0.4 is 0 Å². The Kier molecular flexibility index (Phi) is 4.87. The van der Waals surface area contributed by atoms with Crippen molar-refractivity contribution in [3.05, 3.63) is 11.5 Å². The monoisotopic (exact) mass is 359 g/mol. The number of carbonyl (C=O) groups is 1. The molecule has 2 amide bonds. The van der Waals surface area contributed by atoms with Crippen molar-refractivity contribution in [1.29, 1.82) is 5.26 Å². The normalized spacial score (nSPS) is 30.8. The number of carbonyl (C=O) groups excluding carboxylic acids is 1. The fourth-order valence-corrected chi connectivity index (χ4v) is 3.76. The Labute approximate surface area is 157 Å². The zero-order valence-corrected chi connectivity index (χ0v) is 16.7. The van der Waals surface area contributed by atoms with Crippen LogP contribution in [0.15, 0.2) is 11.5 Å². The quantitative estimate of drug-likeness (QED) is 0.675. The maximum Gasteiger partial charge on any atom is 0.490 e. The van der Waals surface area contributed by atoms with Gasteiger partial charge in [-0.15, -0.1) is 0 Å². The number of nitriles is 1. The minimum Gasteiger partial charge on any atom is -0.400 e. The van der Waals surface area contributed by atoms with Crippen molar-refractivity contribution in [3.8, 4) is 6.07 Å². The molecule has 0 N–H and O–H groups in total. The summed E-state index contributed by atoms with van der Waals surface area (Å²) >= 11 is 0. The number of rotatable bonds is 1. The van der Waals surface area contributed by atoms with Gasteiger partial charge in [0.15, 0.2) is 0 Å². The third-order valence-corrected chi connectivity index (χ3v) is 6.31. The van der Waals surface area contributed by atoms with Crippen LogP contribution in [0.2, 0.25) is 0 Å². The van der Waals surface area contributed by atoms with Crippen LogP contribution in [0, 0.1) is 16.7 Å². The fraction of sp³-hybridized carbons (Fsp3) is 0.789. The summed E-state index contributed by atoms with van der Waals surface area (Å²) in [6.45, 7) is 12.6. The lowest BCUT2D eigenvalue weighted by molar-refractivity contribution is 0.00578. The van der Waals surface area contributed by atoms with E-state index >= 15 is 0 Å². The van der Waals surface area contributed by atoms with Crippen LogP contribution in [0.3, 0.4) is 0 Å². The lowest BCUT2D eigenvalue weighted by atomic mass is 9.75. The second kappa shape index (κ2) is 6.58. The first-order chi connectivity index (χ1) is 12.1. The molecule has 0 aromatic rings. The number of hydrogen-bond donors (Lipinski definition) is 0. The Morgan fingerprint density at radius 1 is 1.15 bits per heavy atom. The van der Waals surface area contributed by atoms with Gasteiger partial charge >= 0.3 is 13.1 Å². The van der Waals surface area contributed by atoms with E-state index in [2.05, 4.69) is 39.8 Å². The van der Waals surface area contributed by atoms with Gasteiger partial charge in [-0.2, -0.15) is 5.26 Å². The average molecular weight is 359 g/mol. The van der Waals surface area contributed by atoms with E-state index in [-0.39, 0.29) is 24.4 Å². The Morgan fingerprint density at radius 2 is 1.81 bits per heavy atom. The molecule has 0 aliphatic carbocycles. The van der Waals surface area contributed by atoms with Crippen LogP contribution in [0.5, 0.6) is 0 Å². The molecular formula is C19H30BN3O3. The summed E-state index contributed by atoms with van der Waals surface area (Å²) in [5, 5.41) is 9.36. The molecule has 1 atom stereocenters. The summed E-state index contributed by atoms with van der Waals surface area (Å²) in [5.41, 5.74) is 0.00305. The van der Waals surface area contributed by atoms with Gasteiger partial charge in [-0.05, 0) is 59.4 Å². The van der Waals surface area contributed by atoms with Gasteiger partial charge < -0.3 is 19.1 Å². The summed E-state index contributed by atoms with van der Waals surface area (Å²) in [6.07, 6.45) is 4.57. The molecule has 2 saturated heterocycles. The van der Waals surface area contributed by atoms with E-state index < -0.39 is 5.41 Å². The first-order valence-corrected chi connectivity index (χ1v) is 9.57. The molecule has 6 nitrogen and oxygen atoms in total. The van der Waals surface area contributed by atoms with Crippen LogP contribution in [0.4, 0.5) is 4.79 Å². The molecule has 142 valence electrons. The highest BCUT2D eigenvalue weighted by Gasteiger charge is 2.52. The van der Waals surface area contributed by atoms with Crippen LogP contribution in [0.25, 0.3) is 0 Å². The van der Waals surface area contributed by atoms with Gasteiger partial charge in [0, 0.05) is 26.2 Å². The van der Waals surface area contributed by atoms with Gasteiger partial charge in [0.05, 0.1) is 22.7 Å². The van der Waals surface area contributed by atoms with E-state index in [0.29, 0.717) is 19.6 Å². The third-order valence-electron chi connectivity index (χ3n) is 6.31. The molecule has 0 spiro atoms. The molecule has 0 aromatic heterocycles. The lowest BCUT2D eigenvalue weighted by Crippen LogP contribution is -2.51. The molecule has 0 aromatic carbocycles. The van der Waals surface area contributed by atoms with Crippen molar-refractivity contribution >= 4 is 13.1 Å². The SMILES string of the molecule is CC1(C#N)CCCN(C(=O)N2CC=C(B3OC(C)(C)C(C)(C)O3)CC2)C1. The Balaban J connectivity index is 1.61. The van der Waals surface area contributed by atoms with Gasteiger partial charge in [0.25, 0.3) is 0 Å². The lowest BCUT2D eigenvalue weighted by Gasteiger charge is -2.39. The molecule has 3 aliphatic heterocycles. The molecule has 0 saturated carbocycles. The number of nitrogens with zero attached hydrogens (tertiary/aromatic N) is 3. The number of likely N-dealkylation sites (tertiary alicyclic amines) is 1. The molecule has 3 rings (SSSR count). The van der Waals surface area contributed by atoms with Crippen molar-refractivity contribution in [2.24, 2.45) is 5.41 Å². The van der Waals surface area contributed by atoms with Gasteiger partial charge in [-0.3, -0.25) is 0 Å². The summed E-state index contributed by atoms with van der Waals surface area (Å²) in [5.74, 6) is 0. The van der Waals surface area contributed by atoms with Crippen LogP contribution in [-0.4, -0.2) is 60.3 Å². The molecule has 3 aliphatic rings. The largest absolute Gasteiger partial charge is 0.490 e. The molecule has 0 bridgehead atoms. The highest BCUT2D eigenvalue weighted by atomic mass is 16.7. The first kappa shape index (κ1) is 19.3. The molecule has 3 heterocycles. The van der Waals surface area contributed by atoms with Crippen molar-refractivity contribution < 1.29 is 14.1 Å². The highest BCUT2D eigenvalue weighted by molar-refractivity contribution is 6.54. The van der Waals surface area contributed by atoms with Crippen molar-refractivity contribution in [1.82, 2.24) is 9.80 Å². The van der Waals surface area contributed by atoms with E-state index in [1.807, 2.05) is 16.7 Å². The van der Waals surface area contributed by atoms with Crippen LogP contribution in [-0.2, 0) is 9.31 Å². The predicted molar refractivity (Wildman–Crippen MR) is 100 cm³/mol. The standard InChI is InChI=1S/C19H30BN3O3/c1-17(2)18(3,4)26-20(25-17)15-7-11-22(12-8-15)16(24)23-10-6-9-19(5,13-21)14-23/h7H,6,8-12,14H2,1-5H3. The number of amides is 2. The highest BCUT2D eigenvalue weighted by Crippen LogP contribution is 2.39. The Bertz CT molecular complexity index is 639. The topological polar surface area (TPSA) is 65.8 Å². The average Bonchev–Trinajstić information content (AvgIpc) is 2.82. The van der Waals surface area contributed by atoms with E-state index in [1.54, 1.807) is 0 Å². The first-order valence-electron chi connectivity index (χ1n) is 9.57. The van der Waals surface area contributed by atoms with E-state index in [4.69, 9.17) is 9.31 Å². The summed E-state index contributed by atoms with van der Waals surface area (Å²) < 4.78 is 12.2. The molecule has 0 radical (unpaired) electrons. The fourth-order valence-electron chi connectivity index (χ4n) is 3.76. The van der Waals surface area contributed by atoms with Crippen molar-refractivity contribution in [3.63, 3.8) is 0 Å². The zero-order valence-electron chi connectivity index (χ0n) is 16.7. The molecule has 2 fully saturated rings. The van der Waals surface area contributed by atoms with Gasteiger partial charge in [0.1, 0.15) is 0 Å². The van der Waals surface area contributed by atoms with Crippen molar-refractivity contribution in [2.75, 3.05) is 26.2 Å². The second-order valence-corrected chi connectivity index (χ2v) is 9.04. The maximum atomic E-state index is 12.8. The molecule has 7 heteroatoms. The minimum absolute atomic E-state index is 0.0374. The Hall–Kier alpha value is -1.52. The number of urea groups is 1. The maximum absolute atomic E-state index is 12.8. The van der Waals surface area contributed by atoms with E-state index in [1.165, 1.54) is 0 Å². The predicted octanol–water partition coefficient (Wildman–Crippen LogP) is 3.00. The smallest absolute Gasteiger partial charge is 0.400 e. The van der Waals surface area contributed by atoms with Gasteiger partial charge in [-0.25, -0.2) is 4.79 Å². The molecule has 26 heavy (non-hydrogen) atoms. The number of hydrogen-bond acceptors (Lipinski definition) is 4. The summed E-state index contributed by atoms with van der Waals surface area (Å²) in [7, 11) is -0.325. The van der Waals surface area contributed by atoms with Crippen LogP contribution in [0.1, 0.15) is 53.9 Å². The second-order valence-electron chi connectivity index (χ2n) is 9.04.